The van der Waals surface area contributed by atoms with Crippen LogP contribution in [0.5, 0.6) is 0 Å². The lowest BCUT2D eigenvalue weighted by Gasteiger charge is -2.31. The monoisotopic (exact) mass is 159 g/mol. The standard InChI is InChI=1S/C9H19NO/c1-4-11-9(2,3)8-6-5-7-10-8/h8,10H,4-7H2,1-3H3/i7D2. The summed E-state index contributed by atoms with van der Waals surface area (Å²) in [5.74, 6) is 0. The molecule has 1 atom stereocenters. The van der Waals surface area contributed by atoms with Gasteiger partial charge in [0.1, 0.15) is 0 Å². The first kappa shape index (κ1) is 6.44. The molecule has 1 fully saturated rings. The fourth-order valence-corrected chi connectivity index (χ4v) is 1.48. The van der Waals surface area contributed by atoms with E-state index < -0.39 is 6.50 Å². The van der Waals surface area contributed by atoms with Crippen LogP contribution in [0.1, 0.15) is 36.4 Å². The van der Waals surface area contributed by atoms with Gasteiger partial charge in [-0.3, -0.25) is 0 Å². The summed E-state index contributed by atoms with van der Waals surface area (Å²) in [5.41, 5.74) is -0.265. The highest BCUT2D eigenvalue weighted by Crippen LogP contribution is 2.21. The molecule has 1 saturated heterocycles. The van der Waals surface area contributed by atoms with Crippen molar-refractivity contribution in [3.8, 4) is 0 Å². The number of hydrogen-bond donors (Lipinski definition) is 1. The second-order valence-electron chi connectivity index (χ2n) is 3.45. The van der Waals surface area contributed by atoms with E-state index in [2.05, 4.69) is 5.32 Å². The molecule has 11 heavy (non-hydrogen) atoms. The zero-order chi connectivity index (χ0) is 10.1. The minimum Gasteiger partial charge on any atom is -0.374 e. The van der Waals surface area contributed by atoms with Crippen molar-refractivity contribution < 1.29 is 7.48 Å². The highest BCUT2D eigenvalue weighted by Gasteiger charge is 2.31. The van der Waals surface area contributed by atoms with E-state index >= 15 is 0 Å². The average Bonchev–Trinajstić information content (AvgIpc) is 2.30. The summed E-state index contributed by atoms with van der Waals surface area (Å²) in [6.07, 6.45) is 1.42. The molecule has 0 spiro atoms. The Morgan fingerprint density at radius 2 is 2.45 bits per heavy atom. The lowest BCUT2D eigenvalue weighted by Crippen LogP contribution is -2.45. The Morgan fingerprint density at radius 1 is 1.73 bits per heavy atom. The summed E-state index contributed by atoms with van der Waals surface area (Å²) < 4.78 is 20.6. The van der Waals surface area contributed by atoms with E-state index in [1.807, 2.05) is 20.8 Å². The number of rotatable bonds is 3. The quantitative estimate of drug-likeness (QED) is 0.674. The molecule has 1 unspecified atom stereocenters. The molecule has 0 aliphatic carbocycles. The number of nitrogens with one attached hydrogen (secondary N) is 1. The van der Waals surface area contributed by atoms with Gasteiger partial charge in [-0.2, -0.15) is 0 Å². The minimum absolute atomic E-state index is 0.127. The first-order chi connectivity index (χ1) is 5.87. The predicted octanol–water partition coefficient (Wildman–Crippen LogP) is 1.55. The molecule has 2 nitrogen and oxygen atoms in total. The Hall–Kier alpha value is -0.0800. The van der Waals surface area contributed by atoms with E-state index in [9.17, 15) is 0 Å². The highest BCUT2D eigenvalue weighted by atomic mass is 16.5. The predicted molar refractivity (Wildman–Crippen MR) is 46.7 cm³/mol. The molecule has 66 valence electrons. The summed E-state index contributed by atoms with van der Waals surface area (Å²) in [6.45, 7) is 5.45. The Balaban J connectivity index is 2.54. The lowest BCUT2D eigenvalue weighted by molar-refractivity contribution is -0.0336. The van der Waals surface area contributed by atoms with E-state index in [4.69, 9.17) is 7.48 Å². The molecule has 0 amide bonds. The lowest BCUT2D eigenvalue weighted by atomic mass is 9.97. The third-order valence-electron chi connectivity index (χ3n) is 2.19. The van der Waals surface area contributed by atoms with Gasteiger partial charge in [-0.15, -0.1) is 0 Å². The summed E-state index contributed by atoms with van der Waals surface area (Å²) in [5, 5.41) is 2.96. The Labute approximate surface area is 72.1 Å². The fraction of sp³-hybridized carbons (Fsp3) is 1.00. The maximum absolute atomic E-state index is 7.53. The van der Waals surface area contributed by atoms with Crippen LogP contribution in [0.4, 0.5) is 0 Å². The zero-order valence-electron chi connectivity index (χ0n) is 9.61. The van der Waals surface area contributed by atoms with Crippen LogP contribution in [0.3, 0.4) is 0 Å². The van der Waals surface area contributed by atoms with Gasteiger partial charge in [0.25, 0.3) is 0 Å². The van der Waals surface area contributed by atoms with Crippen molar-refractivity contribution in [2.45, 2.75) is 45.3 Å². The van der Waals surface area contributed by atoms with Gasteiger partial charge in [0.2, 0.25) is 0 Å². The second-order valence-corrected chi connectivity index (χ2v) is 3.45. The zero-order valence-corrected chi connectivity index (χ0v) is 7.61. The summed E-state index contributed by atoms with van der Waals surface area (Å²) in [7, 11) is 0. The van der Waals surface area contributed by atoms with Crippen molar-refractivity contribution in [2.24, 2.45) is 0 Å². The van der Waals surface area contributed by atoms with Crippen LogP contribution < -0.4 is 5.32 Å². The van der Waals surface area contributed by atoms with Crippen LogP contribution in [0.25, 0.3) is 0 Å². The smallest absolute Gasteiger partial charge is 0.0778 e. The summed E-state index contributed by atoms with van der Waals surface area (Å²) in [6, 6.07) is 0.127. The molecule has 0 aromatic heterocycles. The van der Waals surface area contributed by atoms with Gasteiger partial charge >= 0.3 is 0 Å². The van der Waals surface area contributed by atoms with Crippen molar-refractivity contribution in [3.63, 3.8) is 0 Å². The molecule has 1 N–H and O–H groups in total. The largest absolute Gasteiger partial charge is 0.374 e. The van der Waals surface area contributed by atoms with Gasteiger partial charge in [-0.1, -0.05) is 0 Å². The van der Waals surface area contributed by atoms with Crippen molar-refractivity contribution in [2.75, 3.05) is 13.1 Å². The van der Waals surface area contributed by atoms with Crippen LogP contribution in [0.2, 0.25) is 0 Å². The Morgan fingerprint density at radius 3 is 2.91 bits per heavy atom. The molecule has 0 aromatic rings. The van der Waals surface area contributed by atoms with Crippen LogP contribution in [-0.2, 0) is 4.74 Å². The van der Waals surface area contributed by atoms with E-state index in [-0.39, 0.29) is 11.6 Å². The molecule has 0 bridgehead atoms. The van der Waals surface area contributed by atoms with E-state index in [0.717, 1.165) is 6.42 Å². The minimum atomic E-state index is -1.21. The van der Waals surface area contributed by atoms with Crippen molar-refractivity contribution in [1.82, 2.24) is 5.32 Å². The first-order valence-corrected chi connectivity index (χ1v) is 4.29. The molecule has 1 rings (SSSR count). The third kappa shape index (κ3) is 2.17. The van der Waals surface area contributed by atoms with Crippen molar-refractivity contribution in [3.05, 3.63) is 0 Å². The maximum Gasteiger partial charge on any atom is 0.0778 e. The molecule has 1 aliphatic rings. The molecule has 1 heterocycles. The number of hydrogen-bond acceptors (Lipinski definition) is 2. The molecule has 2 heteroatoms. The Kier molecular flexibility index (Phi) is 2.08. The van der Waals surface area contributed by atoms with Gasteiger partial charge in [0, 0.05) is 15.4 Å². The third-order valence-corrected chi connectivity index (χ3v) is 2.19. The fourth-order valence-electron chi connectivity index (χ4n) is 1.48. The second kappa shape index (κ2) is 3.55. The summed E-state index contributed by atoms with van der Waals surface area (Å²) in [4.78, 5) is 0. The van der Waals surface area contributed by atoms with Gasteiger partial charge in [0.05, 0.1) is 5.60 Å². The molecular weight excluding hydrogens is 138 g/mol. The highest BCUT2D eigenvalue weighted by molar-refractivity contribution is 4.89. The average molecular weight is 159 g/mol. The SMILES string of the molecule is [2H]C1([2H])CCC(C(C)(C)OCC)N1. The van der Waals surface area contributed by atoms with E-state index in [1.54, 1.807) is 0 Å². The first-order valence-electron chi connectivity index (χ1n) is 5.29. The Bertz CT molecular complexity index is 182. The topological polar surface area (TPSA) is 21.3 Å². The normalized spacial score (nSPS) is 33.2. The maximum atomic E-state index is 7.53. The van der Waals surface area contributed by atoms with E-state index in [0.29, 0.717) is 13.0 Å². The van der Waals surface area contributed by atoms with E-state index in [1.165, 1.54) is 0 Å². The number of ether oxygens (including phenoxy) is 1. The van der Waals surface area contributed by atoms with Crippen LogP contribution in [0, 0.1) is 0 Å². The van der Waals surface area contributed by atoms with Gasteiger partial charge in [-0.25, -0.2) is 0 Å². The molecule has 0 aromatic carbocycles. The van der Waals surface area contributed by atoms with Crippen LogP contribution in [-0.4, -0.2) is 24.7 Å². The van der Waals surface area contributed by atoms with Crippen molar-refractivity contribution in [1.29, 1.82) is 0 Å². The van der Waals surface area contributed by atoms with Crippen LogP contribution in [0.15, 0.2) is 0 Å². The summed E-state index contributed by atoms with van der Waals surface area (Å²) >= 11 is 0. The molecule has 0 saturated carbocycles. The van der Waals surface area contributed by atoms with Gasteiger partial charge in [-0.05, 0) is 40.1 Å². The molecule has 0 radical (unpaired) electrons. The molecule has 1 aliphatic heterocycles. The van der Waals surface area contributed by atoms with Gasteiger partial charge < -0.3 is 10.1 Å². The molecular formula is C9H19NO. The van der Waals surface area contributed by atoms with Crippen LogP contribution >= 0.6 is 0 Å². The van der Waals surface area contributed by atoms with Gasteiger partial charge in [0.15, 0.2) is 0 Å². The van der Waals surface area contributed by atoms with Crippen molar-refractivity contribution >= 4 is 0 Å².